The predicted molar refractivity (Wildman–Crippen MR) is 114 cm³/mol. The van der Waals surface area contributed by atoms with Crippen LogP contribution in [0, 0.1) is 11.8 Å². The highest BCUT2D eigenvalue weighted by Gasteiger charge is 2.27. The molecule has 30 heavy (non-hydrogen) atoms. The van der Waals surface area contributed by atoms with Crippen molar-refractivity contribution in [3.05, 3.63) is 0 Å². The van der Waals surface area contributed by atoms with Crippen molar-refractivity contribution in [2.75, 3.05) is 40.3 Å². The second-order valence-electron chi connectivity index (χ2n) is 8.02. The fourth-order valence-corrected chi connectivity index (χ4v) is 2.88. The standard InChI is InChI=1S/C21H38N4O5/c1-15(2)19(28)14-25(5)21(30)17(8-6-7-10-22)12-18(27)13-24(4)20(29)9-11-23-16(3)26/h15,17H,6-14,22H2,1-5H3,(H,23,26)/t17-/m1/s1. The molecule has 172 valence electrons. The van der Waals surface area contributed by atoms with E-state index < -0.39 is 5.92 Å². The third kappa shape index (κ3) is 11.6. The van der Waals surface area contributed by atoms with Crippen molar-refractivity contribution in [2.24, 2.45) is 17.6 Å². The molecule has 3 N–H and O–H groups in total. The molecule has 0 aliphatic heterocycles. The normalized spacial score (nSPS) is 11.7. The van der Waals surface area contributed by atoms with Gasteiger partial charge in [-0.2, -0.15) is 0 Å². The second kappa shape index (κ2) is 14.7. The molecule has 0 saturated carbocycles. The number of hydrogen-bond donors (Lipinski definition) is 2. The number of likely N-dealkylation sites (N-methyl/N-ethyl adjacent to an activating group) is 2. The number of hydrogen-bond acceptors (Lipinski definition) is 6. The fourth-order valence-electron chi connectivity index (χ4n) is 2.88. The van der Waals surface area contributed by atoms with Gasteiger partial charge in [0, 0.05) is 52.2 Å². The summed E-state index contributed by atoms with van der Waals surface area (Å²) < 4.78 is 0. The number of rotatable bonds is 15. The minimum atomic E-state index is -0.545. The van der Waals surface area contributed by atoms with Gasteiger partial charge in [0.15, 0.2) is 11.6 Å². The van der Waals surface area contributed by atoms with E-state index >= 15 is 0 Å². The Morgan fingerprint density at radius 3 is 2.13 bits per heavy atom. The first-order valence-corrected chi connectivity index (χ1v) is 10.5. The molecule has 0 spiro atoms. The maximum Gasteiger partial charge on any atom is 0.226 e. The van der Waals surface area contributed by atoms with Crippen molar-refractivity contribution < 1.29 is 24.0 Å². The highest BCUT2D eigenvalue weighted by Crippen LogP contribution is 2.17. The molecule has 0 radical (unpaired) electrons. The first kappa shape index (κ1) is 27.7. The smallest absolute Gasteiger partial charge is 0.226 e. The van der Waals surface area contributed by atoms with Crippen LogP contribution in [0.3, 0.4) is 0 Å². The number of nitrogens with zero attached hydrogens (tertiary/aromatic N) is 2. The monoisotopic (exact) mass is 426 g/mol. The number of Topliss-reactive ketones (excluding diaryl/α,β-unsaturated/α-hetero) is 2. The maximum atomic E-state index is 12.8. The molecule has 9 heteroatoms. The van der Waals surface area contributed by atoms with Crippen molar-refractivity contribution in [3.8, 4) is 0 Å². The van der Waals surface area contributed by atoms with Gasteiger partial charge in [0.1, 0.15) is 0 Å². The van der Waals surface area contributed by atoms with Crippen LogP contribution in [-0.4, -0.2) is 79.4 Å². The number of carbonyl (C=O) groups is 5. The zero-order valence-corrected chi connectivity index (χ0v) is 19.0. The van der Waals surface area contributed by atoms with Crippen molar-refractivity contribution in [2.45, 2.75) is 52.9 Å². The summed E-state index contributed by atoms with van der Waals surface area (Å²) in [5, 5.41) is 2.54. The number of nitrogens with one attached hydrogen (secondary N) is 1. The van der Waals surface area contributed by atoms with E-state index in [9.17, 15) is 24.0 Å². The fraction of sp³-hybridized carbons (Fsp3) is 0.762. The van der Waals surface area contributed by atoms with Crippen LogP contribution in [0.4, 0.5) is 0 Å². The zero-order valence-electron chi connectivity index (χ0n) is 19.0. The summed E-state index contributed by atoms with van der Waals surface area (Å²) >= 11 is 0. The van der Waals surface area contributed by atoms with Crippen LogP contribution in [0.15, 0.2) is 0 Å². The summed E-state index contributed by atoms with van der Waals surface area (Å²) in [4.78, 5) is 62.9. The van der Waals surface area contributed by atoms with Gasteiger partial charge in [-0.1, -0.05) is 20.3 Å². The van der Waals surface area contributed by atoms with E-state index in [4.69, 9.17) is 5.73 Å². The summed E-state index contributed by atoms with van der Waals surface area (Å²) in [6.45, 7) is 5.55. The first-order valence-electron chi connectivity index (χ1n) is 10.5. The predicted octanol–water partition coefficient (Wildman–Crippen LogP) is 0.359. The van der Waals surface area contributed by atoms with Gasteiger partial charge in [-0.15, -0.1) is 0 Å². The average molecular weight is 427 g/mol. The van der Waals surface area contributed by atoms with E-state index in [1.54, 1.807) is 20.9 Å². The van der Waals surface area contributed by atoms with E-state index in [2.05, 4.69) is 5.32 Å². The second-order valence-corrected chi connectivity index (χ2v) is 8.02. The van der Waals surface area contributed by atoms with Crippen LogP contribution >= 0.6 is 0 Å². The largest absolute Gasteiger partial charge is 0.356 e. The summed E-state index contributed by atoms with van der Waals surface area (Å²) in [5.41, 5.74) is 5.53. The van der Waals surface area contributed by atoms with Crippen LogP contribution in [0.1, 0.15) is 52.9 Å². The summed E-state index contributed by atoms with van der Waals surface area (Å²) in [5.74, 6) is -1.70. The number of amides is 3. The van der Waals surface area contributed by atoms with E-state index in [-0.39, 0.29) is 67.7 Å². The molecular weight excluding hydrogens is 388 g/mol. The minimum absolute atomic E-state index is 0.00687. The van der Waals surface area contributed by atoms with E-state index in [0.717, 1.165) is 6.42 Å². The van der Waals surface area contributed by atoms with Crippen LogP contribution in [-0.2, 0) is 24.0 Å². The number of carbonyl (C=O) groups excluding carboxylic acids is 5. The highest BCUT2D eigenvalue weighted by atomic mass is 16.2. The van der Waals surface area contributed by atoms with Gasteiger partial charge >= 0.3 is 0 Å². The number of unbranched alkanes of at least 4 members (excludes halogenated alkanes) is 1. The van der Waals surface area contributed by atoms with E-state index in [0.29, 0.717) is 19.4 Å². The zero-order chi connectivity index (χ0) is 23.3. The van der Waals surface area contributed by atoms with Gasteiger partial charge in [0.05, 0.1) is 13.1 Å². The molecule has 0 rings (SSSR count). The quantitative estimate of drug-likeness (QED) is 0.364. The molecule has 0 saturated heterocycles. The number of ketones is 2. The molecule has 0 bridgehead atoms. The Kier molecular flexibility index (Phi) is 13.5. The lowest BCUT2D eigenvalue weighted by Crippen LogP contribution is -2.40. The molecule has 0 aromatic heterocycles. The highest BCUT2D eigenvalue weighted by molar-refractivity contribution is 5.92. The van der Waals surface area contributed by atoms with Crippen LogP contribution in [0.5, 0.6) is 0 Å². The first-order chi connectivity index (χ1) is 14.0. The lowest BCUT2D eigenvalue weighted by molar-refractivity contribution is -0.140. The minimum Gasteiger partial charge on any atom is -0.356 e. The Labute approximate surface area is 179 Å². The van der Waals surface area contributed by atoms with Gasteiger partial charge in [0.2, 0.25) is 17.7 Å². The average Bonchev–Trinajstić information content (AvgIpc) is 2.65. The van der Waals surface area contributed by atoms with E-state index in [1.165, 1.54) is 23.8 Å². The SMILES string of the molecule is CC(=O)NCCC(=O)N(C)CC(=O)C[C@@H](CCCCN)C(=O)N(C)CC(=O)C(C)C. The Morgan fingerprint density at radius 1 is 0.967 bits per heavy atom. The molecule has 0 aliphatic carbocycles. The molecule has 0 aromatic carbocycles. The third-order valence-corrected chi connectivity index (χ3v) is 4.80. The van der Waals surface area contributed by atoms with Crippen LogP contribution < -0.4 is 11.1 Å². The summed E-state index contributed by atoms with van der Waals surface area (Å²) in [7, 11) is 3.09. The van der Waals surface area contributed by atoms with Gasteiger partial charge in [-0.25, -0.2) is 0 Å². The lowest BCUT2D eigenvalue weighted by atomic mass is 9.94. The molecule has 1 atom stereocenters. The van der Waals surface area contributed by atoms with Crippen LogP contribution in [0.25, 0.3) is 0 Å². The molecule has 0 unspecified atom stereocenters. The van der Waals surface area contributed by atoms with Crippen LogP contribution in [0.2, 0.25) is 0 Å². The topological polar surface area (TPSA) is 130 Å². The maximum absolute atomic E-state index is 12.8. The molecule has 0 aromatic rings. The molecule has 0 aliphatic rings. The Morgan fingerprint density at radius 2 is 1.60 bits per heavy atom. The van der Waals surface area contributed by atoms with Crippen molar-refractivity contribution in [1.29, 1.82) is 0 Å². The van der Waals surface area contributed by atoms with Gasteiger partial charge in [0.25, 0.3) is 0 Å². The molecular formula is C21H38N4O5. The lowest BCUT2D eigenvalue weighted by Gasteiger charge is -2.24. The Balaban J connectivity index is 4.86. The third-order valence-electron chi connectivity index (χ3n) is 4.80. The van der Waals surface area contributed by atoms with E-state index in [1.807, 2.05) is 0 Å². The van der Waals surface area contributed by atoms with Gasteiger partial charge in [-0.05, 0) is 19.4 Å². The Bertz CT molecular complexity index is 606. The summed E-state index contributed by atoms with van der Waals surface area (Å²) in [6, 6.07) is 0. The van der Waals surface area contributed by atoms with Crippen molar-refractivity contribution in [3.63, 3.8) is 0 Å². The number of nitrogens with two attached hydrogens (primary N) is 1. The van der Waals surface area contributed by atoms with Gasteiger partial charge in [-0.3, -0.25) is 24.0 Å². The van der Waals surface area contributed by atoms with Crippen molar-refractivity contribution >= 4 is 29.3 Å². The summed E-state index contributed by atoms with van der Waals surface area (Å²) in [6.07, 6.45) is 2.06. The van der Waals surface area contributed by atoms with Gasteiger partial charge < -0.3 is 20.9 Å². The van der Waals surface area contributed by atoms with Crippen molar-refractivity contribution in [1.82, 2.24) is 15.1 Å². The molecule has 3 amide bonds. The molecule has 0 heterocycles. The Hall–Kier alpha value is -2.29. The molecule has 0 fully saturated rings. The molecule has 9 nitrogen and oxygen atoms in total.